The lowest BCUT2D eigenvalue weighted by molar-refractivity contribution is -0.218. The Morgan fingerprint density at radius 3 is 2.45 bits per heavy atom. The van der Waals surface area contributed by atoms with Crippen LogP contribution in [0.15, 0.2) is 23.3 Å². The van der Waals surface area contributed by atoms with Crippen molar-refractivity contribution in [3.8, 4) is 0 Å². The number of ether oxygens (including phenoxy) is 1. The second-order valence-electron chi connectivity index (χ2n) is 9.97. The number of rotatable bonds is 2. The summed E-state index contributed by atoms with van der Waals surface area (Å²) in [6.45, 7) is 7.96. The molecule has 0 heterocycles. The van der Waals surface area contributed by atoms with Gasteiger partial charge >= 0.3 is 5.97 Å². The molecule has 4 aliphatic carbocycles. The SMILES string of the molecule is CC(=O)OC12C(C3C=C(CO)CC4(O)C(=O)C(C)=CC4C3(O)C(C)[C@H]1O)C2(C)C. The maximum Gasteiger partial charge on any atom is 0.303 e. The zero-order chi connectivity index (χ0) is 21.7. The molecule has 2 fully saturated rings. The van der Waals surface area contributed by atoms with E-state index in [1.165, 1.54) is 6.92 Å². The van der Waals surface area contributed by atoms with Crippen LogP contribution in [0.5, 0.6) is 0 Å². The second kappa shape index (κ2) is 5.78. The molecule has 0 aliphatic heterocycles. The summed E-state index contributed by atoms with van der Waals surface area (Å²) in [5, 5.41) is 44.7. The lowest BCUT2D eigenvalue weighted by Crippen LogP contribution is -2.65. The van der Waals surface area contributed by atoms with E-state index in [9.17, 15) is 30.0 Å². The highest BCUT2D eigenvalue weighted by Gasteiger charge is 2.86. The Morgan fingerprint density at radius 1 is 1.28 bits per heavy atom. The maximum atomic E-state index is 12.8. The zero-order valence-electron chi connectivity index (χ0n) is 17.5. The Labute approximate surface area is 170 Å². The number of fused-ring (bicyclic) bond motifs is 5. The summed E-state index contributed by atoms with van der Waals surface area (Å²) in [4.78, 5) is 24.7. The van der Waals surface area contributed by atoms with Crippen LogP contribution < -0.4 is 0 Å². The van der Waals surface area contributed by atoms with Crippen LogP contribution in [0.1, 0.15) is 41.0 Å². The molecule has 0 aromatic carbocycles. The van der Waals surface area contributed by atoms with Crippen molar-refractivity contribution in [3.63, 3.8) is 0 Å². The van der Waals surface area contributed by atoms with Crippen LogP contribution in [0.2, 0.25) is 0 Å². The molecule has 0 bridgehead atoms. The van der Waals surface area contributed by atoms with Crippen LogP contribution in [0, 0.1) is 29.1 Å². The molecule has 0 radical (unpaired) electrons. The minimum absolute atomic E-state index is 0.0871. The molecule has 2 saturated carbocycles. The monoisotopic (exact) mass is 406 g/mol. The van der Waals surface area contributed by atoms with E-state index in [1.807, 2.05) is 13.8 Å². The van der Waals surface area contributed by atoms with Gasteiger partial charge in [0.05, 0.1) is 18.3 Å². The third kappa shape index (κ3) is 2.17. The van der Waals surface area contributed by atoms with Gasteiger partial charge in [0.2, 0.25) is 0 Å². The lowest BCUT2D eigenvalue weighted by Gasteiger charge is -2.52. The van der Waals surface area contributed by atoms with E-state index in [0.717, 1.165) is 0 Å². The molecule has 7 heteroatoms. The van der Waals surface area contributed by atoms with Gasteiger partial charge in [0.15, 0.2) is 5.78 Å². The highest BCUT2D eigenvalue weighted by molar-refractivity contribution is 6.04. The van der Waals surface area contributed by atoms with Gasteiger partial charge in [-0.3, -0.25) is 9.59 Å². The summed E-state index contributed by atoms with van der Waals surface area (Å²) >= 11 is 0. The van der Waals surface area contributed by atoms with Gasteiger partial charge in [-0.05, 0) is 18.1 Å². The fraction of sp³-hybridized carbons (Fsp3) is 0.727. The van der Waals surface area contributed by atoms with Gasteiger partial charge in [-0.15, -0.1) is 0 Å². The number of Topliss-reactive ketones (excluding diaryl/α,β-unsaturated/α-hetero) is 1. The third-order valence-corrected chi connectivity index (χ3v) is 8.31. The molecule has 4 rings (SSSR count). The molecule has 0 spiro atoms. The van der Waals surface area contributed by atoms with Crippen molar-refractivity contribution in [2.24, 2.45) is 29.1 Å². The smallest absolute Gasteiger partial charge is 0.303 e. The molecule has 4 N–H and O–H groups in total. The van der Waals surface area contributed by atoms with E-state index in [2.05, 4.69) is 0 Å². The number of hydrogen-bond donors (Lipinski definition) is 4. The van der Waals surface area contributed by atoms with E-state index in [1.54, 1.807) is 26.0 Å². The highest BCUT2D eigenvalue weighted by Crippen LogP contribution is 2.76. The normalized spacial score (nSPS) is 49.8. The fourth-order valence-electron chi connectivity index (χ4n) is 6.91. The molecule has 160 valence electrons. The molecule has 7 unspecified atom stereocenters. The number of carbonyl (C=O) groups is 2. The van der Waals surface area contributed by atoms with Gasteiger partial charge in [0, 0.05) is 42.4 Å². The summed E-state index contributed by atoms with van der Waals surface area (Å²) in [7, 11) is 0. The first-order valence-electron chi connectivity index (χ1n) is 10.2. The average Bonchev–Trinajstić information content (AvgIpc) is 3.06. The number of carbonyl (C=O) groups excluding carboxylic acids is 2. The topological polar surface area (TPSA) is 124 Å². The number of aliphatic hydroxyl groups excluding tert-OH is 2. The Bertz CT molecular complexity index is 857. The molecule has 8 atom stereocenters. The van der Waals surface area contributed by atoms with Gasteiger partial charge in [0.25, 0.3) is 0 Å². The van der Waals surface area contributed by atoms with Crippen molar-refractivity contribution in [2.75, 3.05) is 6.61 Å². The number of esters is 1. The molecule has 7 nitrogen and oxygen atoms in total. The van der Waals surface area contributed by atoms with Crippen molar-refractivity contribution in [2.45, 2.75) is 63.9 Å². The van der Waals surface area contributed by atoms with E-state index >= 15 is 0 Å². The van der Waals surface area contributed by atoms with Gasteiger partial charge in [-0.1, -0.05) is 32.9 Å². The number of ketones is 1. The minimum atomic E-state index is -1.88. The van der Waals surface area contributed by atoms with Crippen LogP contribution in [-0.2, 0) is 14.3 Å². The summed E-state index contributed by atoms with van der Waals surface area (Å²) in [6.07, 6.45) is 2.06. The average molecular weight is 406 g/mol. The third-order valence-electron chi connectivity index (χ3n) is 8.31. The summed E-state index contributed by atoms with van der Waals surface area (Å²) in [5.41, 5.74) is -4.52. The van der Waals surface area contributed by atoms with Crippen LogP contribution in [-0.4, -0.2) is 61.7 Å². The van der Waals surface area contributed by atoms with Gasteiger partial charge < -0.3 is 25.2 Å². The summed E-state index contributed by atoms with van der Waals surface area (Å²) < 4.78 is 5.70. The molecular weight excluding hydrogens is 376 g/mol. The molecule has 0 aromatic heterocycles. The first-order chi connectivity index (χ1) is 13.3. The highest BCUT2D eigenvalue weighted by atomic mass is 16.6. The quantitative estimate of drug-likeness (QED) is 0.389. The molecular formula is C22H30O7. The fourth-order valence-corrected chi connectivity index (χ4v) is 6.91. The second-order valence-corrected chi connectivity index (χ2v) is 9.97. The van der Waals surface area contributed by atoms with E-state index < -0.39 is 63.7 Å². The lowest BCUT2D eigenvalue weighted by atomic mass is 9.59. The molecule has 0 amide bonds. The van der Waals surface area contributed by atoms with Crippen molar-refractivity contribution in [1.29, 1.82) is 0 Å². The van der Waals surface area contributed by atoms with Crippen molar-refractivity contribution in [1.82, 2.24) is 0 Å². The first kappa shape index (κ1) is 20.7. The maximum absolute atomic E-state index is 12.8. The predicted molar refractivity (Wildman–Crippen MR) is 102 cm³/mol. The number of hydrogen-bond acceptors (Lipinski definition) is 7. The summed E-state index contributed by atoms with van der Waals surface area (Å²) in [6, 6.07) is 0. The molecule has 0 saturated heterocycles. The zero-order valence-corrected chi connectivity index (χ0v) is 17.5. The van der Waals surface area contributed by atoms with Gasteiger partial charge in [-0.25, -0.2) is 0 Å². The van der Waals surface area contributed by atoms with E-state index in [-0.39, 0.29) is 13.0 Å². The molecule has 29 heavy (non-hydrogen) atoms. The summed E-state index contributed by atoms with van der Waals surface area (Å²) in [5.74, 6) is -3.77. The van der Waals surface area contributed by atoms with E-state index in [4.69, 9.17) is 4.74 Å². The van der Waals surface area contributed by atoms with Crippen molar-refractivity contribution in [3.05, 3.63) is 23.3 Å². The van der Waals surface area contributed by atoms with Crippen LogP contribution in [0.3, 0.4) is 0 Å². The standard InChI is InChI=1S/C22H30O7/c1-10-6-15-20(27,17(10)25)8-13(9-23)7-14-16-19(4,5)22(16,29-12(3)24)18(26)11(2)21(14,15)28/h6-7,11,14-16,18,23,26-28H,8-9H2,1-5H3/t11?,14?,15?,16?,18-,20?,21?,22?/m1/s1. The van der Waals surface area contributed by atoms with Crippen molar-refractivity contribution < 1.29 is 34.8 Å². The van der Waals surface area contributed by atoms with Gasteiger partial charge in [0.1, 0.15) is 11.2 Å². The van der Waals surface area contributed by atoms with Crippen LogP contribution >= 0.6 is 0 Å². The largest absolute Gasteiger partial charge is 0.456 e. The van der Waals surface area contributed by atoms with Crippen LogP contribution in [0.25, 0.3) is 0 Å². The predicted octanol–water partition coefficient (Wildman–Crippen LogP) is 0.501. The Balaban J connectivity index is 1.94. The minimum Gasteiger partial charge on any atom is -0.456 e. The number of aliphatic hydroxyl groups is 4. The van der Waals surface area contributed by atoms with Crippen molar-refractivity contribution >= 4 is 11.8 Å². The Kier molecular flexibility index (Phi) is 4.13. The molecule has 0 aromatic rings. The van der Waals surface area contributed by atoms with Crippen LogP contribution in [0.4, 0.5) is 0 Å². The Hall–Kier alpha value is -1.54. The van der Waals surface area contributed by atoms with Gasteiger partial charge in [-0.2, -0.15) is 0 Å². The Morgan fingerprint density at radius 2 is 1.90 bits per heavy atom. The first-order valence-corrected chi connectivity index (χ1v) is 10.2. The molecule has 4 aliphatic rings. The van der Waals surface area contributed by atoms with E-state index in [0.29, 0.717) is 11.1 Å².